The van der Waals surface area contributed by atoms with E-state index in [0.29, 0.717) is 45.4 Å². The van der Waals surface area contributed by atoms with Crippen molar-refractivity contribution in [1.82, 2.24) is 9.80 Å². The lowest BCUT2D eigenvalue weighted by Crippen LogP contribution is -2.49. The van der Waals surface area contributed by atoms with Gasteiger partial charge in [0.05, 0.1) is 24.5 Å². The lowest BCUT2D eigenvalue weighted by molar-refractivity contribution is -0.154. The van der Waals surface area contributed by atoms with E-state index in [9.17, 15) is 14.4 Å². The first-order chi connectivity index (χ1) is 13.0. The molecular formula is C21H28N2O4. The summed E-state index contributed by atoms with van der Waals surface area (Å²) < 4.78 is 5.11. The van der Waals surface area contributed by atoms with Crippen molar-refractivity contribution >= 4 is 17.8 Å². The Kier molecular flexibility index (Phi) is 6.14. The summed E-state index contributed by atoms with van der Waals surface area (Å²) in [7, 11) is 1.78. The van der Waals surface area contributed by atoms with Crippen LogP contribution in [0.1, 0.15) is 44.2 Å². The molecule has 2 amide bonds. The van der Waals surface area contributed by atoms with Crippen LogP contribution in [-0.4, -0.2) is 54.3 Å². The number of likely N-dealkylation sites (tertiary alicyclic amines) is 2. The highest BCUT2D eigenvalue weighted by atomic mass is 16.5. The Morgan fingerprint density at radius 1 is 1.11 bits per heavy atom. The van der Waals surface area contributed by atoms with Gasteiger partial charge in [-0.3, -0.25) is 14.4 Å². The van der Waals surface area contributed by atoms with Crippen molar-refractivity contribution in [1.29, 1.82) is 0 Å². The minimum Gasteiger partial charge on any atom is -0.466 e. The summed E-state index contributed by atoms with van der Waals surface area (Å²) in [4.78, 5) is 41.0. The number of benzene rings is 1. The van der Waals surface area contributed by atoms with Crippen LogP contribution in [0.5, 0.6) is 0 Å². The molecule has 1 aromatic rings. The number of nitrogens with zero attached hydrogens (tertiary/aromatic N) is 2. The van der Waals surface area contributed by atoms with Crippen LogP contribution in [0, 0.1) is 11.8 Å². The maximum Gasteiger partial charge on any atom is 0.309 e. The highest BCUT2D eigenvalue weighted by Crippen LogP contribution is 2.37. The van der Waals surface area contributed by atoms with Gasteiger partial charge in [0.2, 0.25) is 11.8 Å². The molecule has 3 rings (SSSR count). The Labute approximate surface area is 160 Å². The number of esters is 1. The molecule has 2 aliphatic rings. The van der Waals surface area contributed by atoms with Crippen molar-refractivity contribution in [3.63, 3.8) is 0 Å². The van der Waals surface area contributed by atoms with Crippen molar-refractivity contribution in [3.8, 4) is 0 Å². The lowest BCUT2D eigenvalue weighted by atomic mass is 9.83. The topological polar surface area (TPSA) is 66.9 Å². The Hall–Kier alpha value is -2.37. The Morgan fingerprint density at radius 3 is 2.41 bits per heavy atom. The molecular weight excluding hydrogens is 344 g/mol. The second-order valence-corrected chi connectivity index (χ2v) is 7.36. The number of hydrogen-bond donors (Lipinski definition) is 0. The first-order valence-electron chi connectivity index (χ1n) is 9.79. The van der Waals surface area contributed by atoms with E-state index in [1.807, 2.05) is 35.2 Å². The molecule has 0 saturated carbocycles. The third-order valence-corrected chi connectivity index (χ3v) is 5.75. The predicted octanol–water partition coefficient (Wildman–Crippen LogP) is 2.40. The number of hydrogen-bond acceptors (Lipinski definition) is 4. The zero-order valence-corrected chi connectivity index (χ0v) is 16.1. The second kappa shape index (κ2) is 8.55. The molecule has 6 nitrogen and oxygen atoms in total. The second-order valence-electron chi connectivity index (χ2n) is 7.36. The van der Waals surface area contributed by atoms with Gasteiger partial charge in [-0.2, -0.15) is 0 Å². The quantitative estimate of drug-likeness (QED) is 0.761. The van der Waals surface area contributed by atoms with Crippen molar-refractivity contribution in [2.75, 3.05) is 26.7 Å². The molecule has 6 heteroatoms. The minimum atomic E-state index is -0.241. The molecule has 0 spiro atoms. The van der Waals surface area contributed by atoms with Crippen LogP contribution in [-0.2, 0) is 19.1 Å². The summed E-state index contributed by atoms with van der Waals surface area (Å²) >= 11 is 0. The van der Waals surface area contributed by atoms with E-state index in [0.717, 1.165) is 5.56 Å². The van der Waals surface area contributed by atoms with E-state index in [4.69, 9.17) is 4.74 Å². The summed E-state index contributed by atoms with van der Waals surface area (Å²) in [5.74, 6) is -0.349. The highest BCUT2D eigenvalue weighted by molar-refractivity contribution is 5.85. The number of carbonyl (C=O) groups is 3. The van der Waals surface area contributed by atoms with Crippen molar-refractivity contribution in [3.05, 3.63) is 35.9 Å². The molecule has 0 N–H and O–H groups in total. The lowest BCUT2D eigenvalue weighted by Gasteiger charge is -2.41. The summed E-state index contributed by atoms with van der Waals surface area (Å²) in [6.07, 6.45) is 2.25. The number of carbonyl (C=O) groups excluding carboxylic acids is 3. The first kappa shape index (κ1) is 19.4. The van der Waals surface area contributed by atoms with Crippen molar-refractivity contribution < 1.29 is 19.1 Å². The largest absolute Gasteiger partial charge is 0.466 e. The molecule has 0 aromatic heterocycles. The molecule has 2 fully saturated rings. The molecule has 0 aliphatic carbocycles. The van der Waals surface area contributed by atoms with Crippen molar-refractivity contribution in [2.24, 2.45) is 11.8 Å². The van der Waals surface area contributed by atoms with E-state index < -0.39 is 0 Å². The normalized spacial score (nSPS) is 24.0. The average Bonchev–Trinajstić information content (AvgIpc) is 2.70. The van der Waals surface area contributed by atoms with Crippen molar-refractivity contribution in [2.45, 2.75) is 38.6 Å². The van der Waals surface area contributed by atoms with Gasteiger partial charge in [-0.05, 0) is 31.7 Å². The van der Waals surface area contributed by atoms with Gasteiger partial charge in [-0.1, -0.05) is 30.3 Å². The van der Waals surface area contributed by atoms with Gasteiger partial charge in [0.25, 0.3) is 0 Å². The zero-order chi connectivity index (χ0) is 19.4. The highest BCUT2D eigenvalue weighted by Gasteiger charge is 2.41. The first-order valence-corrected chi connectivity index (χ1v) is 9.79. The standard InChI is InChI=1S/C21H28N2O4/c1-3-27-21(26)16-11-13-23(14-12-16)20(25)17-9-10-18(24)22(2)19(17)15-7-5-4-6-8-15/h4-8,16-17,19H,3,9-14H2,1-2H3/t17-,19+/m0/s1. The van der Waals surface area contributed by atoms with Crippen LogP contribution in [0.3, 0.4) is 0 Å². The van der Waals surface area contributed by atoms with Gasteiger partial charge in [0.1, 0.15) is 0 Å². The van der Waals surface area contributed by atoms with Gasteiger partial charge in [0.15, 0.2) is 0 Å². The summed E-state index contributed by atoms with van der Waals surface area (Å²) in [6, 6.07) is 9.54. The SMILES string of the molecule is CCOC(=O)C1CCN(C(=O)[C@H]2CCC(=O)N(C)[C@@H]2c2ccccc2)CC1. The summed E-state index contributed by atoms with van der Waals surface area (Å²) in [6.45, 7) is 3.33. The molecule has 2 aliphatic heterocycles. The maximum absolute atomic E-state index is 13.3. The van der Waals surface area contributed by atoms with Gasteiger partial charge in [0, 0.05) is 26.6 Å². The Balaban J connectivity index is 1.71. The van der Waals surface area contributed by atoms with E-state index in [1.165, 1.54) is 0 Å². The number of piperidine rings is 2. The molecule has 2 saturated heterocycles. The molecule has 146 valence electrons. The monoisotopic (exact) mass is 372 g/mol. The van der Waals surface area contributed by atoms with E-state index in [2.05, 4.69) is 0 Å². The van der Waals surface area contributed by atoms with E-state index in [1.54, 1.807) is 18.9 Å². The molecule has 2 atom stereocenters. The Bertz CT molecular complexity index is 683. The molecule has 1 aromatic carbocycles. The van der Waals surface area contributed by atoms with Gasteiger partial charge in [-0.15, -0.1) is 0 Å². The van der Waals surface area contributed by atoms with E-state index in [-0.39, 0.29) is 35.7 Å². The van der Waals surface area contributed by atoms with Crippen LogP contribution in [0.15, 0.2) is 30.3 Å². The van der Waals surface area contributed by atoms with E-state index >= 15 is 0 Å². The van der Waals surface area contributed by atoms with Crippen LogP contribution < -0.4 is 0 Å². The molecule has 0 radical (unpaired) electrons. The van der Waals surface area contributed by atoms with Crippen LogP contribution in [0.25, 0.3) is 0 Å². The number of ether oxygens (including phenoxy) is 1. The number of rotatable bonds is 4. The van der Waals surface area contributed by atoms with Gasteiger partial charge < -0.3 is 14.5 Å². The number of amides is 2. The molecule has 2 heterocycles. The fourth-order valence-corrected chi connectivity index (χ4v) is 4.23. The maximum atomic E-state index is 13.3. The van der Waals surface area contributed by atoms with Gasteiger partial charge >= 0.3 is 5.97 Å². The third-order valence-electron chi connectivity index (χ3n) is 5.75. The van der Waals surface area contributed by atoms with Crippen LogP contribution in [0.4, 0.5) is 0 Å². The summed E-state index contributed by atoms with van der Waals surface area (Å²) in [5.41, 5.74) is 0.993. The fourth-order valence-electron chi connectivity index (χ4n) is 4.23. The molecule has 0 bridgehead atoms. The smallest absolute Gasteiger partial charge is 0.309 e. The zero-order valence-electron chi connectivity index (χ0n) is 16.1. The fraction of sp³-hybridized carbons (Fsp3) is 0.571. The minimum absolute atomic E-state index is 0.0777. The molecule has 27 heavy (non-hydrogen) atoms. The van der Waals surface area contributed by atoms with Crippen LogP contribution in [0.2, 0.25) is 0 Å². The predicted molar refractivity (Wildman–Crippen MR) is 101 cm³/mol. The average molecular weight is 372 g/mol. The molecule has 0 unspecified atom stereocenters. The third kappa shape index (κ3) is 4.15. The van der Waals surface area contributed by atoms with Gasteiger partial charge in [-0.25, -0.2) is 0 Å². The van der Waals surface area contributed by atoms with Crippen LogP contribution >= 0.6 is 0 Å². The summed E-state index contributed by atoms with van der Waals surface area (Å²) in [5, 5.41) is 0. The Morgan fingerprint density at radius 2 is 1.78 bits per heavy atom.